The molecule has 4 unspecified atom stereocenters. The number of carbonyl (C=O) groups excluding carboxylic acids is 2. The molecule has 0 N–H and O–H groups in total. The van der Waals surface area contributed by atoms with Crippen LogP contribution in [-0.4, -0.2) is 12.6 Å². The minimum Gasteiger partial charge on any atom is -0.303 e. The van der Waals surface area contributed by atoms with Crippen LogP contribution < -0.4 is 0 Å². The van der Waals surface area contributed by atoms with E-state index in [4.69, 9.17) is 0 Å². The Hall–Kier alpha value is -0.920. The Kier molecular flexibility index (Phi) is 6.09. The lowest BCUT2D eigenvalue weighted by Gasteiger charge is -2.12. The van der Waals surface area contributed by atoms with Crippen LogP contribution in [0.25, 0.3) is 0 Å². The van der Waals surface area contributed by atoms with Crippen molar-refractivity contribution in [1.29, 1.82) is 0 Å². The van der Waals surface area contributed by atoms with Crippen molar-refractivity contribution < 1.29 is 9.59 Å². The molecule has 0 fully saturated rings. The molecule has 0 saturated heterocycles. The van der Waals surface area contributed by atoms with Gasteiger partial charge in [-0.15, -0.1) is 0 Å². The highest BCUT2D eigenvalue weighted by Gasteiger charge is 2.10. The molecular weight excluding hydrogens is 176 g/mol. The van der Waals surface area contributed by atoms with E-state index in [1.165, 1.54) is 0 Å². The predicted octanol–water partition coefficient (Wildman–Crippen LogP) is 2.48. The van der Waals surface area contributed by atoms with Crippen molar-refractivity contribution in [2.75, 3.05) is 0 Å². The Morgan fingerprint density at radius 1 is 0.643 bits per heavy atom. The zero-order chi connectivity index (χ0) is 11.1. The van der Waals surface area contributed by atoms with Crippen LogP contribution in [0.15, 0.2) is 12.2 Å². The average molecular weight is 196 g/mol. The van der Waals surface area contributed by atoms with E-state index >= 15 is 0 Å². The Morgan fingerprint density at radius 2 is 0.929 bits per heavy atom. The Labute approximate surface area is 86.4 Å². The summed E-state index contributed by atoms with van der Waals surface area (Å²) in [5.74, 6) is 0.581. The highest BCUT2D eigenvalue weighted by Crippen LogP contribution is 2.14. The first-order chi connectivity index (χ1) is 6.52. The summed E-state index contributed by atoms with van der Waals surface area (Å²) in [4.78, 5) is 21.0. The molecule has 0 radical (unpaired) electrons. The van der Waals surface area contributed by atoms with E-state index in [2.05, 4.69) is 0 Å². The fourth-order valence-corrected chi connectivity index (χ4v) is 0.949. The van der Waals surface area contributed by atoms with Crippen molar-refractivity contribution in [3.63, 3.8) is 0 Å². The zero-order valence-corrected chi connectivity index (χ0v) is 9.44. The molecular formula is C12H20O2. The van der Waals surface area contributed by atoms with E-state index in [9.17, 15) is 9.59 Å². The maximum atomic E-state index is 10.5. The van der Waals surface area contributed by atoms with Gasteiger partial charge in [-0.2, -0.15) is 0 Å². The van der Waals surface area contributed by atoms with Crippen LogP contribution in [-0.2, 0) is 9.59 Å². The zero-order valence-electron chi connectivity index (χ0n) is 9.44. The van der Waals surface area contributed by atoms with Gasteiger partial charge in [0.25, 0.3) is 0 Å². The molecule has 0 heterocycles. The molecule has 0 aliphatic carbocycles. The lowest BCUT2D eigenvalue weighted by atomic mass is 9.92. The van der Waals surface area contributed by atoms with Crippen LogP contribution in [0, 0.1) is 23.7 Å². The monoisotopic (exact) mass is 196 g/mol. The highest BCUT2D eigenvalue weighted by molar-refractivity contribution is 5.54. The molecule has 2 heteroatoms. The summed E-state index contributed by atoms with van der Waals surface area (Å²) in [6.45, 7) is 7.81. The number of allylic oxidation sites excluding steroid dienone is 2. The van der Waals surface area contributed by atoms with Crippen LogP contribution >= 0.6 is 0 Å². The van der Waals surface area contributed by atoms with Crippen molar-refractivity contribution in [3.8, 4) is 0 Å². The van der Waals surface area contributed by atoms with Gasteiger partial charge >= 0.3 is 0 Å². The molecule has 0 spiro atoms. The molecule has 0 saturated carbocycles. The van der Waals surface area contributed by atoms with Gasteiger partial charge in [0.05, 0.1) is 0 Å². The summed E-state index contributed by atoms with van der Waals surface area (Å²) < 4.78 is 0. The molecule has 14 heavy (non-hydrogen) atoms. The minimum atomic E-state index is 0.0463. The minimum absolute atomic E-state index is 0.0463. The number of rotatable bonds is 6. The lowest BCUT2D eigenvalue weighted by Crippen LogP contribution is -2.09. The third-order valence-electron chi connectivity index (χ3n) is 2.81. The Bertz CT molecular complexity index is 186. The molecule has 0 aromatic carbocycles. The summed E-state index contributed by atoms with van der Waals surface area (Å²) >= 11 is 0. The van der Waals surface area contributed by atoms with Crippen molar-refractivity contribution in [2.24, 2.45) is 23.7 Å². The summed E-state index contributed by atoms with van der Waals surface area (Å²) in [5, 5.41) is 0. The maximum Gasteiger partial charge on any atom is 0.123 e. The molecule has 0 bridgehead atoms. The topological polar surface area (TPSA) is 34.1 Å². The van der Waals surface area contributed by atoms with E-state index in [0.29, 0.717) is 0 Å². The number of carbonyl (C=O) groups is 2. The standard InChI is InChI=1S/C12H20O2/c1-9(11(3)7-13)5-6-10(2)12(4)8-14/h5-12H,1-4H3/b6-5+. The fourth-order valence-electron chi connectivity index (χ4n) is 0.949. The lowest BCUT2D eigenvalue weighted by molar-refractivity contribution is -0.112. The van der Waals surface area contributed by atoms with Crippen LogP contribution in [0.1, 0.15) is 27.7 Å². The second-order valence-electron chi connectivity index (χ2n) is 4.09. The number of hydrogen-bond donors (Lipinski definition) is 0. The van der Waals surface area contributed by atoms with Crippen molar-refractivity contribution in [1.82, 2.24) is 0 Å². The summed E-state index contributed by atoms with van der Waals surface area (Å²) in [7, 11) is 0. The SMILES string of the molecule is CC(C=O)C(C)/C=C/C(C)C(C)C=O. The van der Waals surface area contributed by atoms with E-state index in [1.807, 2.05) is 39.8 Å². The van der Waals surface area contributed by atoms with Gasteiger partial charge in [0.2, 0.25) is 0 Å². The normalized spacial score (nSPS) is 20.0. The number of aldehydes is 2. The quantitative estimate of drug-likeness (QED) is 0.483. The van der Waals surface area contributed by atoms with Crippen molar-refractivity contribution in [3.05, 3.63) is 12.2 Å². The largest absolute Gasteiger partial charge is 0.303 e. The predicted molar refractivity (Wildman–Crippen MR) is 57.9 cm³/mol. The van der Waals surface area contributed by atoms with Crippen molar-refractivity contribution in [2.45, 2.75) is 27.7 Å². The van der Waals surface area contributed by atoms with Gasteiger partial charge in [-0.25, -0.2) is 0 Å². The fraction of sp³-hybridized carbons (Fsp3) is 0.667. The molecule has 80 valence electrons. The molecule has 0 aliphatic rings. The maximum absolute atomic E-state index is 10.5. The summed E-state index contributed by atoms with van der Waals surface area (Å²) in [6, 6.07) is 0. The second-order valence-corrected chi connectivity index (χ2v) is 4.09. The molecule has 2 nitrogen and oxygen atoms in total. The third kappa shape index (κ3) is 4.35. The Balaban J connectivity index is 4.15. The van der Waals surface area contributed by atoms with E-state index in [0.717, 1.165) is 12.6 Å². The van der Waals surface area contributed by atoms with Crippen LogP contribution in [0.2, 0.25) is 0 Å². The summed E-state index contributed by atoms with van der Waals surface area (Å²) in [6.07, 6.45) is 5.96. The molecule has 0 amide bonds. The first-order valence-electron chi connectivity index (χ1n) is 5.11. The van der Waals surface area contributed by atoms with Gasteiger partial charge in [-0.1, -0.05) is 39.8 Å². The second kappa shape index (κ2) is 6.52. The molecule has 0 aliphatic heterocycles. The highest BCUT2D eigenvalue weighted by atomic mass is 16.1. The average Bonchev–Trinajstić information content (AvgIpc) is 2.22. The first-order valence-corrected chi connectivity index (χ1v) is 5.11. The van der Waals surface area contributed by atoms with E-state index in [1.54, 1.807) is 0 Å². The van der Waals surface area contributed by atoms with Gasteiger partial charge in [-0.3, -0.25) is 0 Å². The van der Waals surface area contributed by atoms with Gasteiger partial charge in [-0.05, 0) is 11.8 Å². The van der Waals surface area contributed by atoms with Crippen molar-refractivity contribution >= 4 is 12.6 Å². The molecule has 0 rings (SSSR count). The first kappa shape index (κ1) is 13.1. The molecule has 4 atom stereocenters. The molecule has 0 aromatic rings. The van der Waals surface area contributed by atoms with Gasteiger partial charge in [0.1, 0.15) is 12.6 Å². The van der Waals surface area contributed by atoms with Gasteiger partial charge in [0.15, 0.2) is 0 Å². The van der Waals surface area contributed by atoms with Crippen LogP contribution in [0.3, 0.4) is 0 Å². The summed E-state index contributed by atoms with van der Waals surface area (Å²) in [5.41, 5.74) is 0. The molecule has 0 aromatic heterocycles. The smallest absolute Gasteiger partial charge is 0.123 e. The van der Waals surface area contributed by atoms with E-state index < -0.39 is 0 Å². The van der Waals surface area contributed by atoms with Crippen LogP contribution in [0.4, 0.5) is 0 Å². The van der Waals surface area contributed by atoms with Gasteiger partial charge in [0, 0.05) is 11.8 Å². The number of hydrogen-bond acceptors (Lipinski definition) is 2. The van der Waals surface area contributed by atoms with E-state index in [-0.39, 0.29) is 23.7 Å². The third-order valence-corrected chi connectivity index (χ3v) is 2.81. The Morgan fingerprint density at radius 3 is 1.14 bits per heavy atom. The van der Waals surface area contributed by atoms with Crippen LogP contribution in [0.5, 0.6) is 0 Å². The van der Waals surface area contributed by atoms with Gasteiger partial charge < -0.3 is 9.59 Å².